The molecule has 214 valence electrons. The van der Waals surface area contributed by atoms with E-state index in [1.807, 2.05) is 11.3 Å². The maximum atomic E-state index is 6.76. The van der Waals surface area contributed by atoms with Crippen molar-refractivity contribution >= 4 is 92.1 Å². The van der Waals surface area contributed by atoms with Crippen molar-refractivity contribution in [2.24, 2.45) is 0 Å². The zero-order valence-electron chi connectivity index (χ0n) is 24.4. The molecule has 0 saturated carbocycles. The molecule has 0 aliphatic heterocycles. The van der Waals surface area contributed by atoms with Crippen LogP contribution in [0.1, 0.15) is 0 Å². The zero-order valence-corrected chi connectivity index (χ0v) is 25.3. The van der Waals surface area contributed by atoms with Gasteiger partial charge < -0.3 is 4.42 Å². The molecule has 0 bridgehead atoms. The lowest BCUT2D eigenvalue weighted by Gasteiger charge is -2.09. The smallest absolute Gasteiger partial charge is 0.214 e. The summed E-state index contributed by atoms with van der Waals surface area (Å²) in [7, 11) is 0. The van der Waals surface area contributed by atoms with Crippen LogP contribution in [0.3, 0.4) is 0 Å². The lowest BCUT2D eigenvalue weighted by molar-refractivity contribution is 0.649. The van der Waals surface area contributed by atoms with Crippen molar-refractivity contribution in [3.8, 4) is 16.8 Å². The first kappa shape index (κ1) is 24.4. The molecule has 0 aliphatic carbocycles. The van der Waals surface area contributed by atoms with Gasteiger partial charge in [0.1, 0.15) is 5.65 Å². The van der Waals surface area contributed by atoms with Crippen LogP contribution in [0.2, 0.25) is 0 Å². The lowest BCUT2D eigenvalue weighted by Crippen LogP contribution is -1.92. The Morgan fingerprint density at radius 2 is 1.26 bits per heavy atom. The maximum absolute atomic E-state index is 6.76. The largest absolute Gasteiger partial charge is 0.438 e. The molecule has 6 aromatic carbocycles. The Morgan fingerprint density at radius 1 is 0.543 bits per heavy atom. The first-order valence-electron chi connectivity index (χ1n) is 15.5. The molecule has 5 aromatic heterocycles. The molecule has 0 radical (unpaired) electrons. The van der Waals surface area contributed by atoms with Crippen LogP contribution in [-0.2, 0) is 0 Å². The number of furan rings is 1. The molecule has 4 nitrogen and oxygen atoms in total. The summed E-state index contributed by atoms with van der Waals surface area (Å²) in [4.78, 5) is 5.15. The molecule has 0 amide bonds. The van der Waals surface area contributed by atoms with Crippen molar-refractivity contribution in [2.75, 3.05) is 0 Å². The summed E-state index contributed by atoms with van der Waals surface area (Å²) in [6.45, 7) is 0. The van der Waals surface area contributed by atoms with Gasteiger partial charge in [-0.25, -0.2) is 4.98 Å². The fraction of sp³-hybridized carbons (Fsp3) is 0. The summed E-state index contributed by atoms with van der Waals surface area (Å²) in [5, 5.41) is 7.15. The zero-order chi connectivity index (χ0) is 29.9. The number of nitrogens with zero attached hydrogens (tertiary/aromatic N) is 3. The van der Waals surface area contributed by atoms with Crippen LogP contribution in [-0.4, -0.2) is 14.0 Å². The number of aromatic nitrogens is 3. The summed E-state index contributed by atoms with van der Waals surface area (Å²) in [6, 6.07) is 49.8. The second-order valence-electron chi connectivity index (χ2n) is 12.0. The minimum atomic E-state index is 0.890. The Balaban J connectivity index is 1.21. The third kappa shape index (κ3) is 3.14. The number of hydrogen-bond acceptors (Lipinski definition) is 3. The van der Waals surface area contributed by atoms with E-state index in [4.69, 9.17) is 9.40 Å². The first-order valence-corrected chi connectivity index (χ1v) is 16.3. The van der Waals surface area contributed by atoms with Gasteiger partial charge in [-0.1, -0.05) is 84.9 Å². The number of fused-ring (bicyclic) bond motifs is 15. The molecule has 5 heteroatoms. The Bertz CT molecular complexity index is 3030. The third-order valence-corrected chi connectivity index (χ3v) is 10.7. The monoisotopic (exact) mass is 605 g/mol. The predicted octanol–water partition coefficient (Wildman–Crippen LogP) is 11.5. The Labute approximate surface area is 266 Å². The number of thiophene rings is 1. The van der Waals surface area contributed by atoms with E-state index in [0.29, 0.717) is 0 Å². The number of hydrogen-bond donors (Lipinski definition) is 0. The molecule has 0 unspecified atom stereocenters. The van der Waals surface area contributed by atoms with Gasteiger partial charge in [-0.3, -0.25) is 8.97 Å². The second-order valence-corrected chi connectivity index (χ2v) is 13.0. The van der Waals surface area contributed by atoms with Crippen LogP contribution in [0.5, 0.6) is 0 Å². The lowest BCUT2D eigenvalue weighted by atomic mass is 10.0. The summed E-state index contributed by atoms with van der Waals surface area (Å²) in [6.07, 6.45) is 0. The quantitative estimate of drug-likeness (QED) is 0.184. The number of para-hydroxylation sites is 2. The van der Waals surface area contributed by atoms with Gasteiger partial charge in [-0.05, 0) is 71.1 Å². The molecule has 5 heterocycles. The highest BCUT2D eigenvalue weighted by atomic mass is 32.1. The van der Waals surface area contributed by atoms with Gasteiger partial charge in [0.25, 0.3) is 0 Å². The predicted molar refractivity (Wildman–Crippen MR) is 193 cm³/mol. The minimum Gasteiger partial charge on any atom is -0.438 e. The summed E-state index contributed by atoms with van der Waals surface area (Å²) in [5.74, 6) is 0. The van der Waals surface area contributed by atoms with Gasteiger partial charge >= 0.3 is 0 Å². The molecular weight excluding hydrogens is 583 g/mol. The van der Waals surface area contributed by atoms with Crippen molar-refractivity contribution < 1.29 is 4.42 Å². The Kier molecular flexibility index (Phi) is 4.69. The highest BCUT2D eigenvalue weighted by Gasteiger charge is 2.23. The third-order valence-electron chi connectivity index (χ3n) is 9.50. The van der Waals surface area contributed by atoms with Crippen LogP contribution in [0, 0.1) is 0 Å². The van der Waals surface area contributed by atoms with Crippen molar-refractivity contribution in [1.29, 1.82) is 0 Å². The van der Waals surface area contributed by atoms with Crippen LogP contribution < -0.4 is 0 Å². The molecule has 0 fully saturated rings. The molecule has 11 aromatic rings. The van der Waals surface area contributed by atoms with Crippen molar-refractivity contribution in [2.45, 2.75) is 0 Å². The SMILES string of the molecule is c1ccc(-n2c3ccc(-c4ccc5nc6c7ccccc7c7ccccc7n6c5c4)cc3c3c4sc5ccccc5c4oc32)cc1. The van der Waals surface area contributed by atoms with Gasteiger partial charge in [0, 0.05) is 31.9 Å². The standard InChI is InChI=1S/C41H23N3OS/c1-2-10-26(11-3-1)43-34-21-19-24(22-31(34)37-39-38(45-41(37)43)30-15-7-9-17-36(30)46-39)25-18-20-32-35(23-25)44-33-16-8-6-13-28(33)27-12-4-5-14-29(27)40(44)42-32/h1-23H. The molecule has 0 saturated heterocycles. The van der Waals surface area contributed by atoms with E-state index in [0.717, 1.165) is 55.7 Å². The van der Waals surface area contributed by atoms with Crippen LogP contribution >= 0.6 is 11.3 Å². The van der Waals surface area contributed by atoms with E-state index >= 15 is 0 Å². The summed E-state index contributed by atoms with van der Waals surface area (Å²) >= 11 is 1.81. The fourth-order valence-electron chi connectivity index (χ4n) is 7.47. The Hall–Kier alpha value is -5.91. The average Bonchev–Trinajstić information content (AvgIpc) is 3.85. The van der Waals surface area contributed by atoms with Crippen LogP contribution in [0.4, 0.5) is 0 Å². The van der Waals surface area contributed by atoms with E-state index in [1.165, 1.54) is 41.8 Å². The first-order chi connectivity index (χ1) is 22.8. The normalized spacial score (nSPS) is 12.3. The molecular formula is C41H23N3OS. The molecule has 0 N–H and O–H groups in total. The maximum Gasteiger partial charge on any atom is 0.214 e. The van der Waals surface area contributed by atoms with Crippen molar-refractivity contribution in [3.05, 3.63) is 140 Å². The Morgan fingerprint density at radius 3 is 2.15 bits per heavy atom. The second kappa shape index (κ2) is 8.84. The molecule has 0 spiro atoms. The van der Waals surface area contributed by atoms with Crippen molar-refractivity contribution in [3.63, 3.8) is 0 Å². The van der Waals surface area contributed by atoms with E-state index in [9.17, 15) is 0 Å². The molecule has 0 aliphatic rings. The van der Waals surface area contributed by atoms with Crippen LogP contribution in [0.25, 0.3) is 97.5 Å². The van der Waals surface area contributed by atoms with Crippen LogP contribution in [0.15, 0.2) is 144 Å². The highest BCUT2D eigenvalue weighted by Crippen LogP contribution is 2.46. The number of pyridine rings is 1. The van der Waals surface area contributed by atoms with Gasteiger partial charge in [-0.2, -0.15) is 0 Å². The minimum absolute atomic E-state index is 0.890. The van der Waals surface area contributed by atoms with Gasteiger partial charge in [0.05, 0.1) is 32.2 Å². The van der Waals surface area contributed by atoms with E-state index in [-0.39, 0.29) is 0 Å². The summed E-state index contributed by atoms with van der Waals surface area (Å²) in [5.41, 5.74) is 10.7. The van der Waals surface area contributed by atoms with Crippen molar-refractivity contribution in [1.82, 2.24) is 14.0 Å². The molecule has 11 rings (SSSR count). The molecule has 46 heavy (non-hydrogen) atoms. The van der Waals surface area contributed by atoms with Gasteiger partial charge in [0.15, 0.2) is 5.58 Å². The number of rotatable bonds is 2. The number of benzene rings is 6. The topological polar surface area (TPSA) is 35.4 Å². The molecule has 0 atom stereocenters. The number of imidazole rings is 1. The van der Waals surface area contributed by atoms with Gasteiger partial charge in [0.2, 0.25) is 5.71 Å². The van der Waals surface area contributed by atoms with E-state index < -0.39 is 0 Å². The fourth-order valence-corrected chi connectivity index (χ4v) is 8.65. The average molecular weight is 606 g/mol. The van der Waals surface area contributed by atoms with Gasteiger partial charge in [-0.15, -0.1) is 11.3 Å². The van der Waals surface area contributed by atoms with E-state index in [1.54, 1.807) is 0 Å². The highest BCUT2D eigenvalue weighted by molar-refractivity contribution is 7.26. The summed E-state index contributed by atoms with van der Waals surface area (Å²) < 4.78 is 13.8. The van der Waals surface area contributed by atoms with E-state index in [2.05, 4.69) is 148 Å².